The van der Waals surface area contributed by atoms with E-state index < -0.39 is 4.92 Å². The van der Waals surface area contributed by atoms with Crippen molar-refractivity contribution < 1.29 is 9.72 Å². The standard InChI is InChI=1S/C18H19N3O3/c22-18(19-15-8-10-16(11-9-15)21(23)24)20-12-4-7-17(20)13-14-5-2-1-3-6-14/h1-3,5-6,8-11,17H,4,7,12-13H2,(H,19,22)/t17-/m1/s1. The van der Waals surface area contributed by atoms with Gasteiger partial charge >= 0.3 is 6.03 Å². The van der Waals surface area contributed by atoms with Crippen LogP contribution in [0.25, 0.3) is 0 Å². The Morgan fingerprint density at radius 2 is 1.88 bits per heavy atom. The summed E-state index contributed by atoms with van der Waals surface area (Å²) in [6.07, 6.45) is 2.82. The molecule has 0 aromatic heterocycles. The Bertz CT molecular complexity index is 716. The lowest BCUT2D eigenvalue weighted by Crippen LogP contribution is -2.39. The van der Waals surface area contributed by atoms with Gasteiger partial charge in [0.15, 0.2) is 0 Å². The van der Waals surface area contributed by atoms with Crippen LogP contribution in [-0.2, 0) is 6.42 Å². The molecule has 2 aromatic rings. The van der Waals surface area contributed by atoms with Crippen LogP contribution in [0, 0.1) is 10.1 Å². The largest absolute Gasteiger partial charge is 0.322 e. The summed E-state index contributed by atoms with van der Waals surface area (Å²) in [5.74, 6) is 0. The Hall–Kier alpha value is -2.89. The van der Waals surface area contributed by atoms with Crippen molar-refractivity contribution in [3.05, 3.63) is 70.3 Å². The fraction of sp³-hybridized carbons (Fsp3) is 0.278. The number of hydrogen-bond acceptors (Lipinski definition) is 3. The van der Waals surface area contributed by atoms with Gasteiger partial charge in [-0.1, -0.05) is 30.3 Å². The normalized spacial score (nSPS) is 16.8. The van der Waals surface area contributed by atoms with E-state index in [4.69, 9.17) is 0 Å². The Kier molecular flexibility index (Phi) is 4.74. The molecule has 2 amide bonds. The van der Waals surface area contributed by atoms with Crippen LogP contribution in [0.1, 0.15) is 18.4 Å². The molecule has 1 saturated heterocycles. The highest BCUT2D eigenvalue weighted by Gasteiger charge is 2.28. The molecule has 2 aromatic carbocycles. The van der Waals surface area contributed by atoms with Crippen LogP contribution in [0.5, 0.6) is 0 Å². The maximum atomic E-state index is 12.5. The molecule has 1 heterocycles. The number of rotatable bonds is 4. The average Bonchev–Trinajstić information content (AvgIpc) is 3.04. The molecule has 1 atom stereocenters. The number of amides is 2. The summed E-state index contributed by atoms with van der Waals surface area (Å²) >= 11 is 0. The van der Waals surface area contributed by atoms with Crippen LogP contribution in [-0.4, -0.2) is 28.4 Å². The van der Waals surface area contributed by atoms with Crippen LogP contribution < -0.4 is 5.32 Å². The van der Waals surface area contributed by atoms with E-state index >= 15 is 0 Å². The van der Waals surface area contributed by atoms with Crippen molar-refractivity contribution in [3.8, 4) is 0 Å². The molecule has 0 aliphatic carbocycles. The molecule has 0 bridgehead atoms. The Balaban J connectivity index is 1.64. The summed E-state index contributed by atoms with van der Waals surface area (Å²) in [5.41, 5.74) is 1.80. The third-order valence-corrected chi connectivity index (χ3v) is 4.28. The Morgan fingerprint density at radius 3 is 2.54 bits per heavy atom. The molecule has 1 aliphatic heterocycles. The van der Waals surface area contributed by atoms with Crippen molar-refractivity contribution in [2.45, 2.75) is 25.3 Å². The van der Waals surface area contributed by atoms with E-state index in [1.807, 2.05) is 23.1 Å². The van der Waals surface area contributed by atoms with E-state index in [0.29, 0.717) is 5.69 Å². The predicted molar refractivity (Wildman–Crippen MR) is 92.0 cm³/mol. The van der Waals surface area contributed by atoms with Gasteiger partial charge in [-0.15, -0.1) is 0 Å². The van der Waals surface area contributed by atoms with Crippen molar-refractivity contribution in [2.24, 2.45) is 0 Å². The highest BCUT2D eigenvalue weighted by atomic mass is 16.6. The maximum Gasteiger partial charge on any atom is 0.322 e. The lowest BCUT2D eigenvalue weighted by Gasteiger charge is -2.25. The van der Waals surface area contributed by atoms with Gasteiger partial charge in [0.1, 0.15) is 0 Å². The molecule has 0 spiro atoms. The van der Waals surface area contributed by atoms with Crippen molar-refractivity contribution in [1.82, 2.24) is 4.90 Å². The van der Waals surface area contributed by atoms with Gasteiger partial charge in [0.05, 0.1) is 4.92 Å². The highest BCUT2D eigenvalue weighted by molar-refractivity contribution is 5.89. The second kappa shape index (κ2) is 7.12. The third-order valence-electron chi connectivity index (χ3n) is 4.28. The SMILES string of the molecule is O=C(Nc1ccc([N+](=O)[O-])cc1)N1CCC[C@@H]1Cc1ccccc1. The summed E-state index contributed by atoms with van der Waals surface area (Å²) < 4.78 is 0. The monoisotopic (exact) mass is 325 g/mol. The fourth-order valence-corrected chi connectivity index (χ4v) is 3.06. The van der Waals surface area contributed by atoms with Crippen LogP contribution in [0.15, 0.2) is 54.6 Å². The number of nitro benzene ring substituents is 1. The molecule has 24 heavy (non-hydrogen) atoms. The molecule has 0 unspecified atom stereocenters. The van der Waals surface area contributed by atoms with Gasteiger partial charge in [-0.05, 0) is 37.0 Å². The van der Waals surface area contributed by atoms with Gasteiger partial charge in [-0.3, -0.25) is 10.1 Å². The molecule has 6 nitrogen and oxygen atoms in total. The number of carbonyl (C=O) groups is 1. The predicted octanol–water partition coefficient (Wildman–Crippen LogP) is 3.83. The van der Waals surface area contributed by atoms with E-state index in [9.17, 15) is 14.9 Å². The summed E-state index contributed by atoms with van der Waals surface area (Å²) in [6, 6.07) is 16.1. The van der Waals surface area contributed by atoms with Crippen molar-refractivity contribution in [3.63, 3.8) is 0 Å². The number of nitrogens with zero attached hydrogens (tertiary/aromatic N) is 2. The molecule has 1 fully saturated rings. The van der Waals surface area contributed by atoms with Crippen LogP contribution >= 0.6 is 0 Å². The van der Waals surface area contributed by atoms with Crippen molar-refractivity contribution in [1.29, 1.82) is 0 Å². The molecule has 1 N–H and O–H groups in total. The molecule has 124 valence electrons. The van der Waals surface area contributed by atoms with Gasteiger partial charge in [0.2, 0.25) is 0 Å². The first-order valence-corrected chi connectivity index (χ1v) is 7.99. The lowest BCUT2D eigenvalue weighted by molar-refractivity contribution is -0.384. The first-order chi connectivity index (χ1) is 11.6. The van der Waals surface area contributed by atoms with E-state index in [1.54, 1.807) is 12.1 Å². The second-order valence-corrected chi connectivity index (χ2v) is 5.91. The summed E-state index contributed by atoms with van der Waals surface area (Å²) in [7, 11) is 0. The summed E-state index contributed by atoms with van der Waals surface area (Å²) in [6.45, 7) is 0.732. The maximum absolute atomic E-state index is 12.5. The lowest BCUT2D eigenvalue weighted by atomic mass is 10.0. The van der Waals surface area contributed by atoms with Crippen molar-refractivity contribution in [2.75, 3.05) is 11.9 Å². The Labute approximate surface area is 140 Å². The number of benzene rings is 2. The average molecular weight is 325 g/mol. The minimum Gasteiger partial charge on any atom is -0.321 e. The van der Waals surface area contributed by atoms with E-state index in [-0.39, 0.29) is 17.8 Å². The number of likely N-dealkylation sites (tertiary alicyclic amines) is 1. The number of urea groups is 1. The van der Waals surface area contributed by atoms with Crippen molar-refractivity contribution >= 4 is 17.4 Å². The van der Waals surface area contributed by atoms with Gasteiger partial charge in [-0.2, -0.15) is 0 Å². The summed E-state index contributed by atoms with van der Waals surface area (Å²) in [5, 5.41) is 13.5. The number of nitrogens with one attached hydrogen (secondary N) is 1. The number of hydrogen-bond donors (Lipinski definition) is 1. The number of anilines is 1. The number of carbonyl (C=O) groups excluding carboxylic acids is 1. The van der Waals surface area contributed by atoms with Gasteiger partial charge in [0, 0.05) is 30.4 Å². The zero-order valence-electron chi connectivity index (χ0n) is 13.2. The van der Waals surface area contributed by atoms with Crippen LogP contribution in [0.2, 0.25) is 0 Å². The van der Waals surface area contributed by atoms with E-state index in [0.717, 1.165) is 25.8 Å². The van der Waals surface area contributed by atoms with Crippen LogP contribution in [0.4, 0.5) is 16.2 Å². The highest BCUT2D eigenvalue weighted by Crippen LogP contribution is 2.23. The minimum absolute atomic E-state index is 0.0103. The molecule has 0 radical (unpaired) electrons. The molecule has 0 saturated carbocycles. The topological polar surface area (TPSA) is 75.5 Å². The van der Waals surface area contributed by atoms with Crippen LogP contribution in [0.3, 0.4) is 0 Å². The van der Waals surface area contributed by atoms with E-state index in [2.05, 4.69) is 17.4 Å². The van der Waals surface area contributed by atoms with Gasteiger partial charge in [-0.25, -0.2) is 4.79 Å². The third kappa shape index (κ3) is 3.71. The Morgan fingerprint density at radius 1 is 1.17 bits per heavy atom. The first kappa shape index (κ1) is 16.0. The zero-order valence-corrected chi connectivity index (χ0v) is 13.2. The number of non-ortho nitro benzene ring substituents is 1. The molecule has 3 rings (SSSR count). The molecule has 1 aliphatic rings. The quantitative estimate of drug-likeness (QED) is 0.685. The number of nitro groups is 1. The minimum atomic E-state index is -0.456. The molecular weight excluding hydrogens is 306 g/mol. The summed E-state index contributed by atoms with van der Waals surface area (Å²) in [4.78, 5) is 24.6. The van der Waals surface area contributed by atoms with Gasteiger partial charge in [0.25, 0.3) is 5.69 Å². The van der Waals surface area contributed by atoms with E-state index in [1.165, 1.54) is 17.7 Å². The smallest absolute Gasteiger partial charge is 0.321 e. The first-order valence-electron chi connectivity index (χ1n) is 7.99. The second-order valence-electron chi connectivity index (χ2n) is 5.91. The zero-order chi connectivity index (χ0) is 16.9. The van der Waals surface area contributed by atoms with Gasteiger partial charge < -0.3 is 10.2 Å². The molecular formula is C18H19N3O3. The fourth-order valence-electron chi connectivity index (χ4n) is 3.06. The molecule has 6 heteroatoms.